The van der Waals surface area contributed by atoms with Gasteiger partial charge in [0.1, 0.15) is 0 Å². The van der Waals surface area contributed by atoms with E-state index in [-0.39, 0.29) is 18.4 Å². The molecule has 114 valence electrons. The topological polar surface area (TPSA) is 58.2 Å². The van der Waals surface area contributed by atoms with Gasteiger partial charge >= 0.3 is 0 Å². The van der Waals surface area contributed by atoms with Crippen LogP contribution in [0.2, 0.25) is 0 Å². The average Bonchev–Trinajstić information content (AvgIpc) is 2.53. The molecule has 0 unspecified atom stereocenters. The predicted molar refractivity (Wildman–Crippen MR) is 95.9 cm³/mol. The van der Waals surface area contributed by atoms with E-state index in [1.54, 1.807) is 12.1 Å². The number of hydrogen-bond donors (Lipinski definition) is 2. The zero-order valence-electron chi connectivity index (χ0n) is 12.2. The molecule has 2 aromatic rings. The van der Waals surface area contributed by atoms with E-state index in [1.807, 2.05) is 43.3 Å². The first-order valence-electron chi connectivity index (χ1n) is 7.01. The number of anilines is 1. The summed E-state index contributed by atoms with van der Waals surface area (Å²) in [6.07, 6.45) is 0.839. The standard InChI is InChI=1S/C17H17IN2O2/c1-2-12-6-3-4-9-15(12)20-16(21)11-19-17(22)13-7-5-8-14(18)10-13/h3-10H,2,11H2,1H3,(H,19,22)(H,20,21). The molecule has 0 saturated carbocycles. The molecule has 0 fully saturated rings. The summed E-state index contributed by atoms with van der Waals surface area (Å²) in [5, 5.41) is 5.45. The lowest BCUT2D eigenvalue weighted by Crippen LogP contribution is -2.33. The molecule has 0 radical (unpaired) electrons. The number of amides is 2. The molecule has 0 aliphatic heterocycles. The summed E-state index contributed by atoms with van der Waals surface area (Å²) in [6.45, 7) is 1.98. The molecule has 4 nitrogen and oxygen atoms in total. The number of halogens is 1. The van der Waals surface area contributed by atoms with Gasteiger partial charge in [0.05, 0.1) is 6.54 Å². The van der Waals surface area contributed by atoms with Crippen molar-refractivity contribution in [2.45, 2.75) is 13.3 Å². The van der Waals surface area contributed by atoms with Gasteiger partial charge in [-0.3, -0.25) is 9.59 Å². The van der Waals surface area contributed by atoms with Crippen LogP contribution >= 0.6 is 22.6 Å². The second-order valence-corrected chi connectivity index (χ2v) is 6.00. The second-order valence-electron chi connectivity index (χ2n) is 4.75. The van der Waals surface area contributed by atoms with E-state index in [0.29, 0.717) is 5.56 Å². The molecule has 22 heavy (non-hydrogen) atoms. The van der Waals surface area contributed by atoms with E-state index < -0.39 is 0 Å². The smallest absolute Gasteiger partial charge is 0.251 e. The van der Waals surface area contributed by atoms with Crippen LogP contribution < -0.4 is 10.6 Å². The van der Waals surface area contributed by atoms with Gasteiger partial charge in [0.15, 0.2) is 0 Å². The number of hydrogen-bond acceptors (Lipinski definition) is 2. The third-order valence-corrected chi connectivity index (χ3v) is 3.84. The van der Waals surface area contributed by atoms with Crippen molar-refractivity contribution in [3.63, 3.8) is 0 Å². The van der Waals surface area contributed by atoms with Gasteiger partial charge in [0.2, 0.25) is 5.91 Å². The molecule has 5 heteroatoms. The Morgan fingerprint density at radius 2 is 1.86 bits per heavy atom. The van der Waals surface area contributed by atoms with Gasteiger partial charge in [-0.1, -0.05) is 31.2 Å². The monoisotopic (exact) mass is 408 g/mol. The molecule has 0 heterocycles. The van der Waals surface area contributed by atoms with Crippen LogP contribution in [0.3, 0.4) is 0 Å². The lowest BCUT2D eigenvalue weighted by Gasteiger charge is -2.10. The van der Waals surface area contributed by atoms with Crippen molar-refractivity contribution in [3.8, 4) is 0 Å². The summed E-state index contributed by atoms with van der Waals surface area (Å²) in [7, 11) is 0. The van der Waals surface area contributed by atoms with E-state index in [2.05, 4.69) is 33.2 Å². The maximum Gasteiger partial charge on any atom is 0.251 e. The van der Waals surface area contributed by atoms with Crippen molar-refractivity contribution >= 4 is 40.1 Å². The largest absolute Gasteiger partial charge is 0.343 e. The van der Waals surface area contributed by atoms with Crippen LogP contribution in [-0.4, -0.2) is 18.4 Å². The Kier molecular flexibility index (Phi) is 5.94. The van der Waals surface area contributed by atoms with E-state index in [4.69, 9.17) is 0 Å². The minimum Gasteiger partial charge on any atom is -0.343 e. The second kappa shape index (κ2) is 7.93. The zero-order chi connectivity index (χ0) is 15.9. The highest BCUT2D eigenvalue weighted by atomic mass is 127. The number of carbonyl (C=O) groups excluding carboxylic acids is 2. The Labute approximate surface area is 143 Å². The highest BCUT2D eigenvalue weighted by Gasteiger charge is 2.09. The van der Waals surface area contributed by atoms with Gasteiger partial charge in [0.25, 0.3) is 5.91 Å². The summed E-state index contributed by atoms with van der Waals surface area (Å²) in [5.41, 5.74) is 2.41. The van der Waals surface area contributed by atoms with E-state index in [9.17, 15) is 9.59 Å². The van der Waals surface area contributed by atoms with Crippen LogP contribution in [0.15, 0.2) is 48.5 Å². The lowest BCUT2D eigenvalue weighted by atomic mass is 10.1. The Morgan fingerprint density at radius 1 is 1.09 bits per heavy atom. The fraction of sp³-hybridized carbons (Fsp3) is 0.176. The van der Waals surface area contributed by atoms with Gasteiger partial charge in [-0.05, 0) is 58.8 Å². The third-order valence-electron chi connectivity index (χ3n) is 3.17. The fourth-order valence-electron chi connectivity index (χ4n) is 2.04. The summed E-state index contributed by atoms with van der Waals surface area (Å²) in [5.74, 6) is -0.489. The number of aryl methyl sites for hydroxylation is 1. The molecule has 2 rings (SSSR count). The van der Waals surface area contributed by atoms with Crippen molar-refractivity contribution in [2.75, 3.05) is 11.9 Å². The highest BCUT2D eigenvalue weighted by molar-refractivity contribution is 14.1. The van der Waals surface area contributed by atoms with Crippen molar-refractivity contribution < 1.29 is 9.59 Å². The van der Waals surface area contributed by atoms with Crippen LogP contribution in [0.4, 0.5) is 5.69 Å². The van der Waals surface area contributed by atoms with Crippen LogP contribution in [0.1, 0.15) is 22.8 Å². The maximum absolute atomic E-state index is 12.0. The van der Waals surface area contributed by atoms with Crippen LogP contribution in [0.25, 0.3) is 0 Å². The van der Waals surface area contributed by atoms with Gasteiger partial charge in [-0.15, -0.1) is 0 Å². The third kappa shape index (κ3) is 4.56. The molecular weight excluding hydrogens is 391 g/mol. The molecule has 2 N–H and O–H groups in total. The molecule has 0 aliphatic carbocycles. The summed E-state index contributed by atoms with van der Waals surface area (Å²) < 4.78 is 0.978. The number of carbonyl (C=O) groups is 2. The molecule has 0 bridgehead atoms. The highest BCUT2D eigenvalue weighted by Crippen LogP contribution is 2.15. The SMILES string of the molecule is CCc1ccccc1NC(=O)CNC(=O)c1cccc(I)c1. The molecule has 2 aromatic carbocycles. The average molecular weight is 408 g/mol. The Morgan fingerprint density at radius 3 is 2.59 bits per heavy atom. The van der Waals surface area contributed by atoms with Crippen LogP contribution in [-0.2, 0) is 11.2 Å². The molecule has 0 atom stereocenters. The molecular formula is C17H17IN2O2. The first-order valence-corrected chi connectivity index (χ1v) is 8.09. The minimum atomic E-state index is -0.252. The summed E-state index contributed by atoms with van der Waals surface area (Å²) in [6, 6.07) is 14.9. The molecule has 0 spiro atoms. The van der Waals surface area contributed by atoms with E-state index in [0.717, 1.165) is 21.2 Å². The van der Waals surface area contributed by atoms with Crippen molar-refractivity contribution in [3.05, 3.63) is 63.2 Å². The number of nitrogens with one attached hydrogen (secondary N) is 2. The quantitative estimate of drug-likeness (QED) is 0.747. The normalized spacial score (nSPS) is 10.1. The van der Waals surface area contributed by atoms with E-state index >= 15 is 0 Å². The number of benzene rings is 2. The summed E-state index contributed by atoms with van der Waals surface area (Å²) in [4.78, 5) is 23.9. The lowest BCUT2D eigenvalue weighted by molar-refractivity contribution is -0.115. The fourth-order valence-corrected chi connectivity index (χ4v) is 2.58. The predicted octanol–water partition coefficient (Wildman–Crippen LogP) is 3.22. The van der Waals surface area contributed by atoms with Gasteiger partial charge in [-0.25, -0.2) is 0 Å². The molecule has 2 amide bonds. The number of para-hydroxylation sites is 1. The van der Waals surface area contributed by atoms with Gasteiger partial charge in [-0.2, -0.15) is 0 Å². The Bertz CT molecular complexity index is 686. The van der Waals surface area contributed by atoms with Gasteiger partial charge < -0.3 is 10.6 Å². The number of rotatable bonds is 5. The van der Waals surface area contributed by atoms with Crippen LogP contribution in [0.5, 0.6) is 0 Å². The zero-order valence-corrected chi connectivity index (χ0v) is 14.4. The molecule has 0 aromatic heterocycles. The Balaban J connectivity index is 1.91. The van der Waals surface area contributed by atoms with Crippen molar-refractivity contribution in [1.29, 1.82) is 0 Å². The van der Waals surface area contributed by atoms with Crippen molar-refractivity contribution in [2.24, 2.45) is 0 Å². The van der Waals surface area contributed by atoms with Crippen LogP contribution in [0, 0.1) is 3.57 Å². The Hall–Kier alpha value is -1.89. The van der Waals surface area contributed by atoms with Crippen molar-refractivity contribution in [1.82, 2.24) is 5.32 Å². The first-order chi connectivity index (χ1) is 10.6. The van der Waals surface area contributed by atoms with E-state index in [1.165, 1.54) is 0 Å². The van der Waals surface area contributed by atoms with Gasteiger partial charge in [0, 0.05) is 14.8 Å². The first kappa shape index (κ1) is 16.5. The summed E-state index contributed by atoms with van der Waals surface area (Å²) >= 11 is 2.14. The minimum absolute atomic E-state index is 0.0532. The maximum atomic E-state index is 12.0. The molecule has 0 saturated heterocycles. The molecule has 0 aliphatic rings.